The first kappa shape index (κ1) is 16.7. The Balaban J connectivity index is 1.82. The highest BCUT2D eigenvalue weighted by molar-refractivity contribution is 6.03. The van der Waals surface area contributed by atoms with Crippen LogP contribution in [0.2, 0.25) is 0 Å². The van der Waals surface area contributed by atoms with E-state index >= 15 is 0 Å². The number of cyclic esters (lactones) is 1. The summed E-state index contributed by atoms with van der Waals surface area (Å²) in [5.41, 5.74) is 0.646. The minimum atomic E-state index is -1.33. The zero-order chi connectivity index (χ0) is 18.0. The molecule has 2 aromatic carbocycles. The largest absolute Gasteiger partial charge is 0.465 e. The van der Waals surface area contributed by atoms with E-state index in [9.17, 15) is 14.4 Å². The van der Waals surface area contributed by atoms with Crippen LogP contribution in [-0.2, 0) is 20.7 Å². The smallest absolute Gasteiger partial charge is 0.339 e. The predicted octanol–water partition coefficient (Wildman–Crippen LogP) is 2.58. The molecule has 128 valence electrons. The molecule has 1 N–H and O–H groups in total. The minimum Gasteiger partial charge on any atom is -0.465 e. The Morgan fingerprint density at radius 2 is 1.92 bits per heavy atom. The van der Waals surface area contributed by atoms with Crippen molar-refractivity contribution >= 4 is 23.5 Å². The minimum absolute atomic E-state index is 0.275. The second-order valence-corrected chi connectivity index (χ2v) is 5.98. The number of fused-ring (bicyclic) bond motifs is 1. The Kier molecular flexibility index (Phi) is 4.27. The monoisotopic (exact) mass is 339 g/mol. The number of rotatable bonds is 3. The molecule has 0 aliphatic carbocycles. The lowest BCUT2D eigenvalue weighted by atomic mass is 9.89. The highest BCUT2D eigenvalue weighted by Gasteiger charge is 2.42. The number of benzene rings is 2. The molecule has 6 heteroatoms. The van der Waals surface area contributed by atoms with Crippen LogP contribution in [0.25, 0.3) is 0 Å². The fourth-order valence-electron chi connectivity index (χ4n) is 2.76. The summed E-state index contributed by atoms with van der Waals surface area (Å²) in [6.45, 7) is 1.57. The van der Waals surface area contributed by atoms with Crippen LogP contribution in [0.1, 0.15) is 33.2 Å². The van der Waals surface area contributed by atoms with Crippen molar-refractivity contribution in [3.8, 4) is 0 Å². The van der Waals surface area contributed by atoms with Crippen molar-refractivity contribution in [1.82, 2.24) is 0 Å². The van der Waals surface area contributed by atoms with Gasteiger partial charge in [-0.3, -0.25) is 4.79 Å². The van der Waals surface area contributed by atoms with Crippen LogP contribution in [0.4, 0.5) is 5.69 Å². The van der Waals surface area contributed by atoms with Crippen molar-refractivity contribution < 1.29 is 23.9 Å². The van der Waals surface area contributed by atoms with Crippen LogP contribution in [0, 0.1) is 0 Å². The number of anilines is 1. The number of esters is 2. The van der Waals surface area contributed by atoms with Gasteiger partial charge in [-0.2, -0.15) is 0 Å². The lowest BCUT2D eigenvalue weighted by Gasteiger charge is -2.33. The van der Waals surface area contributed by atoms with Crippen LogP contribution < -0.4 is 5.32 Å². The standard InChI is InChI=1S/C19H17NO5/c1-19(11-13-6-3-4-9-15(13)17(22)25-19)18(23)20-14-8-5-7-12(10-14)16(21)24-2/h3-10H,11H2,1-2H3,(H,20,23)/t19-/m1/s1. The molecule has 6 nitrogen and oxygen atoms in total. The zero-order valence-electron chi connectivity index (χ0n) is 13.9. The Morgan fingerprint density at radius 3 is 2.68 bits per heavy atom. The molecule has 0 saturated heterocycles. The number of nitrogens with one attached hydrogen (secondary N) is 1. The van der Waals surface area contributed by atoms with E-state index in [1.165, 1.54) is 13.2 Å². The summed E-state index contributed by atoms with van der Waals surface area (Å²) in [5, 5.41) is 2.70. The van der Waals surface area contributed by atoms with Crippen LogP contribution in [0.3, 0.4) is 0 Å². The molecule has 1 aliphatic heterocycles. The van der Waals surface area contributed by atoms with Gasteiger partial charge in [-0.05, 0) is 36.8 Å². The Hall–Kier alpha value is -3.15. The maximum absolute atomic E-state index is 12.7. The SMILES string of the molecule is COC(=O)c1cccc(NC(=O)[C@@]2(C)Cc3ccccc3C(=O)O2)c1. The average Bonchev–Trinajstić information content (AvgIpc) is 2.61. The highest BCUT2D eigenvalue weighted by atomic mass is 16.6. The third kappa shape index (κ3) is 3.24. The first-order valence-corrected chi connectivity index (χ1v) is 7.74. The number of ether oxygens (including phenoxy) is 2. The average molecular weight is 339 g/mol. The second-order valence-electron chi connectivity index (χ2n) is 5.98. The molecule has 0 saturated carbocycles. The van der Waals surface area contributed by atoms with Crippen molar-refractivity contribution in [2.75, 3.05) is 12.4 Å². The fourth-order valence-corrected chi connectivity index (χ4v) is 2.76. The van der Waals surface area contributed by atoms with Gasteiger partial charge in [-0.1, -0.05) is 24.3 Å². The number of amides is 1. The van der Waals surface area contributed by atoms with Crippen LogP contribution in [0.15, 0.2) is 48.5 Å². The number of hydrogen-bond donors (Lipinski definition) is 1. The molecule has 0 aromatic heterocycles. The fraction of sp³-hybridized carbons (Fsp3) is 0.211. The summed E-state index contributed by atoms with van der Waals surface area (Å²) >= 11 is 0. The highest BCUT2D eigenvalue weighted by Crippen LogP contribution is 2.29. The lowest BCUT2D eigenvalue weighted by molar-refractivity contribution is -0.134. The van der Waals surface area contributed by atoms with E-state index in [0.717, 1.165) is 5.56 Å². The van der Waals surface area contributed by atoms with Gasteiger partial charge in [0.15, 0.2) is 5.60 Å². The number of methoxy groups -OCH3 is 1. The van der Waals surface area contributed by atoms with E-state index in [2.05, 4.69) is 10.1 Å². The lowest BCUT2D eigenvalue weighted by Crippen LogP contribution is -2.48. The van der Waals surface area contributed by atoms with Gasteiger partial charge in [0.05, 0.1) is 18.2 Å². The molecule has 2 aromatic rings. The molecule has 1 amide bonds. The predicted molar refractivity (Wildman–Crippen MR) is 90.4 cm³/mol. The molecule has 1 aliphatic rings. The summed E-state index contributed by atoms with van der Waals surface area (Å²) in [7, 11) is 1.29. The zero-order valence-corrected chi connectivity index (χ0v) is 13.9. The van der Waals surface area contributed by atoms with E-state index < -0.39 is 23.4 Å². The Morgan fingerprint density at radius 1 is 1.16 bits per heavy atom. The van der Waals surface area contributed by atoms with Crippen LogP contribution in [0.5, 0.6) is 0 Å². The molecular formula is C19H17NO5. The molecule has 0 fully saturated rings. The number of hydrogen-bond acceptors (Lipinski definition) is 5. The maximum atomic E-state index is 12.7. The summed E-state index contributed by atoms with van der Waals surface area (Å²) in [5.74, 6) is -1.49. The van der Waals surface area contributed by atoms with Crippen LogP contribution in [-0.4, -0.2) is 30.6 Å². The van der Waals surface area contributed by atoms with Gasteiger partial charge in [0.2, 0.25) is 0 Å². The molecule has 0 bridgehead atoms. The van der Waals surface area contributed by atoms with Crippen molar-refractivity contribution in [2.24, 2.45) is 0 Å². The molecule has 0 spiro atoms. The normalized spacial score (nSPS) is 18.7. The van der Waals surface area contributed by atoms with Crippen molar-refractivity contribution in [3.05, 3.63) is 65.2 Å². The molecule has 1 heterocycles. The molecule has 0 radical (unpaired) electrons. The van der Waals surface area contributed by atoms with Crippen molar-refractivity contribution in [3.63, 3.8) is 0 Å². The topological polar surface area (TPSA) is 81.7 Å². The Labute approximate surface area is 144 Å². The summed E-state index contributed by atoms with van der Waals surface area (Å²) in [6, 6.07) is 13.4. The summed E-state index contributed by atoms with van der Waals surface area (Å²) in [4.78, 5) is 36.5. The molecule has 1 atom stereocenters. The third-order valence-corrected chi connectivity index (χ3v) is 4.10. The van der Waals surface area contributed by atoms with Gasteiger partial charge in [0.1, 0.15) is 0 Å². The van der Waals surface area contributed by atoms with E-state index in [4.69, 9.17) is 4.74 Å². The first-order chi connectivity index (χ1) is 11.9. The van der Waals surface area contributed by atoms with Crippen LogP contribution >= 0.6 is 0 Å². The van der Waals surface area contributed by atoms with Gasteiger partial charge in [-0.25, -0.2) is 9.59 Å². The maximum Gasteiger partial charge on any atom is 0.339 e. The summed E-state index contributed by atoms with van der Waals surface area (Å²) in [6.07, 6.45) is 0.275. The molecule has 25 heavy (non-hydrogen) atoms. The van der Waals surface area contributed by atoms with Crippen molar-refractivity contribution in [1.29, 1.82) is 0 Å². The van der Waals surface area contributed by atoms with E-state index in [1.54, 1.807) is 43.3 Å². The van der Waals surface area contributed by atoms with Gasteiger partial charge >= 0.3 is 11.9 Å². The molecule has 3 rings (SSSR count). The molecular weight excluding hydrogens is 322 g/mol. The summed E-state index contributed by atoms with van der Waals surface area (Å²) < 4.78 is 10.1. The van der Waals surface area contributed by atoms with Gasteiger partial charge in [-0.15, -0.1) is 0 Å². The van der Waals surface area contributed by atoms with Crippen molar-refractivity contribution in [2.45, 2.75) is 18.9 Å². The van der Waals surface area contributed by atoms with E-state index in [1.807, 2.05) is 6.07 Å². The third-order valence-electron chi connectivity index (χ3n) is 4.10. The van der Waals surface area contributed by atoms with Gasteiger partial charge in [0.25, 0.3) is 5.91 Å². The second kappa shape index (κ2) is 6.39. The van der Waals surface area contributed by atoms with Gasteiger partial charge < -0.3 is 14.8 Å². The van der Waals surface area contributed by atoms with E-state index in [0.29, 0.717) is 16.8 Å². The van der Waals surface area contributed by atoms with E-state index in [-0.39, 0.29) is 6.42 Å². The number of carbonyl (C=O) groups excluding carboxylic acids is 3. The number of carbonyl (C=O) groups is 3. The van der Waals surface area contributed by atoms with Gasteiger partial charge in [0, 0.05) is 12.1 Å². The first-order valence-electron chi connectivity index (χ1n) is 7.74. The quantitative estimate of drug-likeness (QED) is 0.869. The Bertz CT molecular complexity index is 860. The molecule has 0 unspecified atom stereocenters.